The molecule has 0 radical (unpaired) electrons. The van der Waals surface area contributed by atoms with Crippen molar-refractivity contribution in [1.29, 1.82) is 0 Å². The maximum absolute atomic E-state index is 11.6. The van der Waals surface area contributed by atoms with E-state index in [9.17, 15) is 9.90 Å². The van der Waals surface area contributed by atoms with Gasteiger partial charge in [-0.1, -0.05) is 30.3 Å². The number of aliphatic hydroxyl groups excluding tert-OH is 1. The third-order valence-corrected chi connectivity index (χ3v) is 2.53. The van der Waals surface area contributed by atoms with E-state index in [1.54, 1.807) is 0 Å². The lowest BCUT2D eigenvalue weighted by Gasteiger charge is -2.14. The number of rotatable bonds is 7. The Hall–Kier alpha value is -1.43. The summed E-state index contributed by atoms with van der Waals surface area (Å²) in [4.78, 5) is 11.6. The zero-order chi connectivity index (χ0) is 13.4. The van der Waals surface area contributed by atoms with Gasteiger partial charge in [-0.3, -0.25) is 4.79 Å². The van der Waals surface area contributed by atoms with Crippen molar-refractivity contribution >= 4 is 5.91 Å². The molecular formula is C13H20N2O3. The summed E-state index contributed by atoms with van der Waals surface area (Å²) in [5.41, 5.74) is 6.83. The fraction of sp³-hybridized carbons (Fsp3) is 0.462. The number of methoxy groups -OCH3 is 1. The molecule has 100 valence electrons. The number of benzene rings is 1. The van der Waals surface area contributed by atoms with E-state index in [-0.39, 0.29) is 31.5 Å². The summed E-state index contributed by atoms with van der Waals surface area (Å²) >= 11 is 0. The first kappa shape index (κ1) is 14.6. The van der Waals surface area contributed by atoms with E-state index in [1.165, 1.54) is 7.11 Å². The van der Waals surface area contributed by atoms with Crippen molar-refractivity contribution < 1.29 is 14.6 Å². The Bertz CT molecular complexity index is 357. The van der Waals surface area contributed by atoms with Crippen LogP contribution in [0.4, 0.5) is 0 Å². The van der Waals surface area contributed by atoms with Gasteiger partial charge in [-0.15, -0.1) is 0 Å². The molecule has 0 bridgehead atoms. The zero-order valence-corrected chi connectivity index (χ0v) is 10.5. The summed E-state index contributed by atoms with van der Waals surface area (Å²) in [5, 5.41) is 12.0. The molecule has 0 saturated heterocycles. The van der Waals surface area contributed by atoms with Gasteiger partial charge in [0.1, 0.15) is 0 Å². The summed E-state index contributed by atoms with van der Waals surface area (Å²) in [6.45, 7) is 0.374. The van der Waals surface area contributed by atoms with Gasteiger partial charge in [-0.05, 0) is 5.56 Å². The van der Waals surface area contributed by atoms with E-state index in [4.69, 9.17) is 10.5 Å². The summed E-state index contributed by atoms with van der Waals surface area (Å²) in [7, 11) is 1.50. The lowest BCUT2D eigenvalue weighted by molar-refractivity contribution is -0.122. The Morgan fingerprint density at radius 2 is 2.11 bits per heavy atom. The molecule has 2 atom stereocenters. The molecule has 0 aliphatic carbocycles. The molecule has 0 aliphatic heterocycles. The van der Waals surface area contributed by atoms with Crippen LogP contribution in [0.5, 0.6) is 0 Å². The lowest BCUT2D eigenvalue weighted by atomic mass is 10.0. The normalized spacial score (nSPS) is 13.9. The largest absolute Gasteiger partial charge is 0.389 e. The number of aliphatic hydroxyl groups is 1. The van der Waals surface area contributed by atoms with Gasteiger partial charge >= 0.3 is 0 Å². The standard InChI is InChI=1S/C13H20N2O3/c1-18-9-11(16)8-15-13(17)7-12(14)10-5-3-2-4-6-10/h2-6,11-12,16H,7-9,14H2,1H3,(H,15,17). The summed E-state index contributed by atoms with van der Waals surface area (Å²) in [6, 6.07) is 9.11. The number of amides is 1. The second kappa shape index (κ2) is 7.81. The Morgan fingerprint density at radius 3 is 2.72 bits per heavy atom. The Labute approximate surface area is 107 Å². The van der Waals surface area contributed by atoms with Crippen LogP contribution in [-0.4, -0.2) is 37.4 Å². The van der Waals surface area contributed by atoms with Crippen LogP contribution in [0.25, 0.3) is 0 Å². The monoisotopic (exact) mass is 252 g/mol. The summed E-state index contributed by atoms with van der Waals surface area (Å²) in [5.74, 6) is -0.179. The second-order valence-corrected chi connectivity index (χ2v) is 4.13. The first-order valence-corrected chi connectivity index (χ1v) is 5.87. The highest BCUT2D eigenvalue weighted by atomic mass is 16.5. The van der Waals surface area contributed by atoms with Gasteiger partial charge in [0.05, 0.1) is 12.7 Å². The Kier molecular flexibility index (Phi) is 6.35. The van der Waals surface area contributed by atoms with Crippen LogP contribution in [0.3, 0.4) is 0 Å². The van der Waals surface area contributed by atoms with Gasteiger partial charge in [0, 0.05) is 26.1 Å². The number of hydrogen-bond acceptors (Lipinski definition) is 4. The molecule has 1 aromatic carbocycles. The second-order valence-electron chi connectivity index (χ2n) is 4.13. The number of carbonyl (C=O) groups excluding carboxylic acids is 1. The van der Waals surface area contributed by atoms with Crippen molar-refractivity contribution in [3.05, 3.63) is 35.9 Å². The molecule has 1 aromatic rings. The van der Waals surface area contributed by atoms with Crippen LogP contribution in [0, 0.1) is 0 Å². The topological polar surface area (TPSA) is 84.6 Å². The molecule has 0 saturated carbocycles. The lowest BCUT2D eigenvalue weighted by Crippen LogP contribution is -2.35. The number of ether oxygens (including phenoxy) is 1. The molecule has 1 amide bonds. The Balaban J connectivity index is 2.32. The van der Waals surface area contributed by atoms with Crippen molar-refractivity contribution in [2.24, 2.45) is 5.73 Å². The van der Waals surface area contributed by atoms with Gasteiger partial charge in [-0.2, -0.15) is 0 Å². The molecule has 2 unspecified atom stereocenters. The highest BCUT2D eigenvalue weighted by molar-refractivity contribution is 5.76. The van der Waals surface area contributed by atoms with Gasteiger partial charge < -0.3 is 20.9 Å². The van der Waals surface area contributed by atoms with Crippen LogP contribution in [-0.2, 0) is 9.53 Å². The molecule has 0 heterocycles. The third kappa shape index (κ3) is 5.27. The van der Waals surface area contributed by atoms with Crippen LogP contribution in [0.2, 0.25) is 0 Å². The van der Waals surface area contributed by atoms with Crippen molar-refractivity contribution in [3.8, 4) is 0 Å². The highest BCUT2D eigenvalue weighted by Crippen LogP contribution is 2.12. The van der Waals surface area contributed by atoms with E-state index in [0.717, 1.165) is 5.56 Å². The maximum atomic E-state index is 11.6. The van der Waals surface area contributed by atoms with Gasteiger partial charge in [0.25, 0.3) is 0 Å². The molecule has 5 nitrogen and oxygen atoms in total. The molecule has 1 rings (SSSR count). The van der Waals surface area contributed by atoms with Crippen LogP contribution >= 0.6 is 0 Å². The van der Waals surface area contributed by atoms with Crippen molar-refractivity contribution in [3.63, 3.8) is 0 Å². The first-order chi connectivity index (χ1) is 8.63. The molecule has 0 spiro atoms. The zero-order valence-electron chi connectivity index (χ0n) is 10.5. The first-order valence-electron chi connectivity index (χ1n) is 5.87. The summed E-state index contributed by atoms with van der Waals surface area (Å²) < 4.78 is 4.76. The molecular weight excluding hydrogens is 232 g/mol. The molecule has 0 fully saturated rings. The summed E-state index contributed by atoms with van der Waals surface area (Å²) in [6.07, 6.45) is -0.490. The van der Waals surface area contributed by atoms with Crippen molar-refractivity contribution in [1.82, 2.24) is 5.32 Å². The maximum Gasteiger partial charge on any atom is 0.221 e. The molecule has 0 aromatic heterocycles. The third-order valence-electron chi connectivity index (χ3n) is 2.53. The minimum Gasteiger partial charge on any atom is -0.389 e. The van der Waals surface area contributed by atoms with E-state index in [2.05, 4.69) is 5.32 Å². The van der Waals surface area contributed by atoms with Crippen LogP contribution in [0.1, 0.15) is 18.0 Å². The number of hydrogen-bond donors (Lipinski definition) is 3. The highest BCUT2D eigenvalue weighted by Gasteiger charge is 2.12. The van der Waals surface area contributed by atoms with Gasteiger partial charge in [0.15, 0.2) is 0 Å². The van der Waals surface area contributed by atoms with E-state index in [1.807, 2.05) is 30.3 Å². The fourth-order valence-electron chi connectivity index (χ4n) is 1.57. The molecule has 18 heavy (non-hydrogen) atoms. The quantitative estimate of drug-likeness (QED) is 0.647. The predicted molar refractivity (Wildman–Crippen MR) is 68.9 cm³/mol. The average molecular weight is 252 g/mol. The van der Waals surface area contributed by atoms with Crippen molar-refractivity contribution in [2.75, 3.05) is 20.3 Å². The fourth-order valence-corrected chi connectivity index (χ4v) is 1.57. The average Bonchev–Trinajstić information content (AvgIpc) is 2.38. The molecule has 5 heteroatoms. The van der Waals surface area contributed by atoms with Crippen LogP contribution in [0.15, 0.2) is 30.3 Å². The van der Waals surface area contributed by atoms with Crippen molar-refractivity contribution in [2.45, 2.75) is 18.6 Å². The smallest absolute Gasteiger partial charge is 0.221 e. The van der Waals surface area contributed by atoms with Gasteiger partial charge in [-0.25, -0.2) is 0 Å². The van der Waals surface area contributed by atoms with E-state index >= 15 is 0 Å². The molecule has 0 aliphatic rings. The minimum atomic E-state index is -0.688. The van der Waals surface area contributed by atoms with E-state index < -0.39 is 6.10 Å². The SMILES string of the molecule is COCC(O)CNC(=O)CC(N)c1ccccc1. The van der Waals surface area contributed by atoms with Crippen LogP contribution < -0.4 is 11.1 Å². The number of nitrogens with two attached hydrogens (primary N) is 1. The molecule has 4 N–H and O–H groups in total. The van der Waals surface area contributed by atoms with E-state index in [0.29, 0.717) is 0 Å². The minimum absolute atomic E-state index is 0.175. The predicted octanol–water partition coefficient (Wildman–Crippen LogP) is 0.200. The number of nitrogens with one attached hydrogen (secondary N) is 1. The Morgan fingerprint density at radius 1 is 1.44 bits per heavy atom. The van der Waals surface area contributed by atoms with Gasteiger partial charge in [0.2, 0.25) is 5.91 Å². The number of carbonyl (C=O) groups is 1.